The van der Waals surface area contributed by atoms with Crippen molar-refractivity contribution in [3.05, 3.63) is 34.9 Å². The summed E-state index contributed by atoms with van der Waals surface area (Å²) in [5, 5.41) is 0.682. The predicted molar refractivity (Wildman–Crippen MR) is 95.0 cm³/mol. The van der Waals surface area contributed by atoms with Crippen LogP contribution in [0.4, 0.5) is 0 Å². The van der Waals surface area contributed by atoms with Crippen LogP contribution in [0.2, 0.25) is 5.02 Å². The van der Waals surface area contributed by atoms with E-state index in [-0.39, 0.29) is 5.91 Å². The number of halogens is 1. The maximum atomic E-state index is 12.8. The topological polar surface area (TPSA) is 23.6 Å². The number of nitrogens with zero attached hydrogens (tertiary/aromatic N) is 2. The summed E-state index contributed by atoms with van der Waals surface area (Å²) < 4.78 is 0. The third kappa shape index (κ3) is 4.48. The van der Waals surface area contributed by atoms with E-state index in [1.807, 2.05) is 24.3 Å². The van der Waals surface area contributed by atoms with Gasteiger partial charge in [0.1, 0.15) is 0 Å². The van der Waals surface area contributed by atoms with Crippen LogP contribution in [-0.2, 0) is 0 Å². The third-order valence-electron chi connectivity index (χ3n) is 5.21. The van der Waals surface area contributed by atoms with E-state index >= 15 is 0 Å². The normalized spacial score (nSPS) is 23.0. The first-order chi connectivity index (χ1) is 11.2. The van der Waals surface area contributed by atoms with Crippen molar-refractivity contribution >= 4 is 17.5 Å². The minimum atomic E-state index is 0.171. The molecule has 0 aliphatic carbocycles. The fourth-order valence-corrected chi connectivity index (χ4v) is 3.97. The second-order valence-corrected chi connectivity index (χ2v) is 7.28. The standard InChI is InChI=1S/C19H27ClN2O/c20-17-9-7-16(8-10-17)19(23)22-14-5-2-6-18(22)11-15-21-12-3-1-4-13-21/h7-10,18H,1-6,11-15H2/t18-/m1/s1. The molecule has 23 heavy (non-hydrogen) atoms. The average Bonchev–Trinajstić information content (AvgIpc) is 2.61. The van der Waals surface area contributed by atoms with Crippen molar-refractivity contribution in [2.75, 3.05) is 26.2 Å². The number of carbonyl (C=O) groups excluding carboxylic acids is 1. The number of carbonyl (C=O) groups is 1. The van der Waals surface area contributed by atoms with E-state index in [0.29, 0.717) is 11.1 Å². The summed E-state index contributed by atoms with van der Waals surface area (Å²) in [6.07, 6.45) is 8.67. The zero-order valence-electron chi connectivity index (χ0n) is 13.8. The van der Waals surface area contributed by atoms with E-state index in [9.17, 15) is 4.79 Å². The maximum Gasteiger partial charge on any atom is 0.254 e. The Morgan fingerprint density at radius 1 is 1.00 bits per heavy atom. The van der Waals surface area contributed by atoms with Crippen molar-refractivity contribution in [3.8, 4) is 0 Å². The van der Waals surface area contributed by atoms with Gasteiger partial charge >= 0.3 is 0 Å². The summed E-state index contributed by atoms with van der Waals surface area (Å²) in [4.78, 5) is 17.5. The van der Waals surface area contributed by atoms with Crippen molar-refractivity contribution in [1.82, 2.24) is 9.80 Å². The molecule has 0 unspecified atom stereocenters. The molecule has 0 saturated carbocycles. The predicted octanol–water partition coefficient (Wildman–Crippen LogP) is 4.21. The summed E-state index contributed by atoms with van der Waals surface area (Å²) in [5.41, 5.74) is 0.763. The number of likely N-dealkylation sites (tertiary alicyclic amines) is 2. The monoisotopic (exact) mass is 334 g/mol. The molecule has 1 aromatic carbocycles. The van der Waals surface area contributed by atoms with Crippen LogP contribution >= 0.6 is 11.6 Å². The summed E-state index contributed by atoms with van der Waals surface area (Å²) >= 11 is 5.94. The van der Waals surface area contributed by atoms with Crippen molar-refractivity contribution in [2.24, 2.45) is 0 Å². The molecule has 1 aromatic rings. The number of piperidine rings is 2. The molecule has 2 saturated heterocycles. The van der Waals surface area contributed by atoms with Gasteiger partial charge in [-0.25, -0.2) is 0 Å². The molecule has 2 fully saturated rings. The quantitative estimate of drug-likeness (QED) is 0.823. The fourth-order valence-electron chi connectivity index (χ4n) is 3.84. The van der Waals surface area contributed by atoms with Crippen molar-refractivity contribution < 1.29 is 4.79 Å². The Kier molecular flexibility index (Phi) is 5.96. The van der Waals surface area contributed by atoms with Crippen LogP contribution in [0.5, 0.6) is 0 Å². The Bertz CT molecular complexity index is 511. The summed E-state index contributed by atoms with van der Waals surface area (Å²) in [5.74, 6) is 0.171. The van der Waals surface area contributed by atoms with Crippen LogP contribution in [0.3, 0.4) is 0 Å². The highest BCUT2D eigenvalue weighted by Gasteiger charge is 2.27. The van der Waals surface area contributed by atoms with Crippen LogP contribution in [0.25, 0.3) is 0 Å². The fraction of sp³-hybridized carbons (Fsp3) is 0.632. The van der Waals surface area contributed by atoms with Gasteiger partial charge in [-0.2, -0.15) is 0 Å². The molecule has 1 atom stereocenters. The van der Waals surface area contributed by atoms with Gasteiger partial charge in [0.25, 0.3) is 5.91 Å². The van der Waals surface area contributed by atoms with Crippen LogP contribution in [-0.4, -0.2) is 47.9 Å². The first-order valence-corrected chi connectivity index (χ1v) is 9.41. The molecule has 1 amide bonds. The first-order valence-electron chi connectivity index (χ1n) is 9.03. The van der Waals surface area contributed by atoms with Gasteiger partial charge < -0.3 is 9.80 Å². The molecule has 126 valence electrons. The van der Waals surface area contributed by atoms with Gasteiger partial charge in [0.05, 0.1) is 0 Å². The lowest BCUT2D eigenvalue weighted by Gasteiger charge is -2.37. The molecule has 0 bridgehead atoms. The van der Waals surface area contributed by atoms with Crippen LogP contribution < -0.4 is 0 Å². The smallest absolute Gasteiger partial charge is 0.254 e. The molecular formula is C19H27ClN2O. The summed E-state index contributed by atoms with van der Waals surface area (Å²) in [7, 11) is 0. The Morgan fingerprint density at radius 2 is 1.70 bits per heavy atom. The van der Waals surface area contributed by atoms with Gasteiger partial charge in [0.15, 0.2) is 0 Å². The first kappa shape index (κ1) is 16.8. The Labute approximate surface area is 144 Å². The molecule has 2 heterocycles. The van der Waals surface area contributed by atoms with E-state index < -0.39 is 0 Å². The zero-order valence-corrected chi connectivity index (χ0v) is 14.6. The number of rotatable bonds is 4. The molecule has 0 spiro atoms. The van der Waals surface area contributed by atoms with Crippen molar-refractivity contribution in [3.63, 3.8) is 0 Å². The average molecular weight is 335 g/mol. The van der Waals surface area contributed by atoms with Crippen molar-refractivity contribution in [2.45, 2.75) is 51.0 Å². The molecule has 0 aromatic heterocycles. The number of hydrogen-bond acceptors (Lipinski definition) is 2. The minimum absolute atomic E-state index is 0.171. The van der Waals surface area contributed by atoms with Gasteiger partial charge in [0.2, 0.25) is 0 Å². The lowest BCUT2D eigenvalue weighted by Crippen LogP contribution is -2.45. The van der Waals surface area contributed by atoms with Crippen molar-refractivity contribution in [1.29, 1.82) is 0 Å². The second-order valence-electron chi connectivity index (χ2n) is 6.85. The lowest BCUT2D eigenvalue weighted by molar-refractivity contribution is 0.0579. The summed E-state index contributed by atoms with van der Waals surface area (Å²) in [6, 6.07) is 7.71. The minimum Gasteiger partial charge on any atom is -0.336 e. The Morgan fingerprint density at radius 3 is 2.43 bits per heavy atom. The van der Waals surface area contributed by atoms with Gasteiger partial charge in [-0.1, -0.05) is 18.0 Å². The van der Waals surface area contributed by atoms with Crippen LogP contribution in [0.1, 0.15) is 55.3 Å². The number of benzene rings is 1. The Hall–Kier alpha value is -1.06. The lowest BCUT2D eigenvalue weighted by atomic mass is 9.97. The molecular weight excluding hydrogens is 308 g/mol. The molecule has 4 heteroatoms. The van der Waals surface area contributed by atoms with E-state index in [4.69, 9.17) is 11.6 Å². The largest absolute Gasteiger partial charge is 0.336 e. The van der Waals surface area contributed by atoms with Gasteiger partial charge in [-0.3, -0.25) is 4.79 Å². The second kappa shape index (κ2) is 8.16. The molecule has 2 aliphatic heterocycles. The van der Waals surface area contributed by atoms with Crippen LogP contribution in [0, 0.1) is 0 Å². The molecule has 3 nitrogen and oxygen atoms in total. The highest BCUT2D eigenvalue weighted by atomic mass is 35.5. The van der Waals surface area contributed by atoms with E-state index in [1.165, 1.54) is 38.8 Å². The van der Waals surface area contributed by atoms with E-state index in [0.717, 1.165) is 37.9 Å². The van der Waals surface area contributed by atoms with Gasteiger partial charge in [-0.05, 0) is 75.9 Å². The van der Waals surface area contributed by atoms with Crippen LogP contribution in [0.15, 0.2) is 24.3 Å². The third-order valence-corrected chi connectivity index (χ3v) is 5.46. The number of hydrogen-bond donors (Lipinski definition) is 0. The summed E-state index contributed by atoms with van der Waals surface area (Å²) in [6.45, 7) is 4.50. The highest BCUT2D eigenvalue weighted by molar-refractivity contribution is 6.30. The van der Waals surface area contributed by atoms with Gasteiger partial charge in [0, 0.05) is 29.7 Å². The SMILES string of the molecule is O=C(c1ccc(Cl)cc1)N1CCCC[C@@H]1CCN1CCCCC1. The number of amides is 1. The van der Waals surface area contributed by atoms with Gasteiger partial charge in [-0.15, -0.1) is 0 Å². The molecule has 0 radical (unpaired) electrons. The molecule has 2 aliphatic rings. The van der Waals surface area contributed by atoms with E-state index in [1.54, 1.807) is 0 Å². The zero-order chi connectivity index (χ0) is 16.1. The Balaban J connectivity index is 1.61. The molecule has 3 rings (SSSR count). The highest BCUT2D eigenvalue weighted by Crippen LogP contribution is 2.23. The molecule has 0 N–H and O–H groups in total. The van der Waals surface area contributed by atoms with E-state index in [2.05, 4.69) is 9.80 Å². The maximum absolute atomic E-state index is 12.8.